The molecule has 0 heterocycles. The molecular formula is C14H16FNO4S. The fourth-order valence-electron chi connectivity index (χ4n) is 2.06. The van der Waals surface area contributed by atoms with Crippen LogP contribution in [-0.2, 0) is 9.53 Å². The van der Waals surface area contributed by atoms with Crippen LogP contribution in [0.4, 0.5) is 10.1 Å². The van der Waals surface area contributed by atoms with Gasteiger partial charge in [-0.3, -0.25) is 14.9 Å². The lowest BCUT2D eigenvalue weighted by Crippen LogP contribution is -2.13. The van der Waals surface area contributed by atoms with Crippen LogP contribution in [0.5, 0.6) is 0 Å². The molecule has 0 aromatic heterocycles. The maximum Gasteiger partial charge on any atom is 0.306 e. The van der Waals surface area contributed by atoms with Crippen molar-refractivity contribution in [3.63, 3.8) is 0 Å². The van der Waals surface area contributed by atoms with Crippen LogP contribution in [0.25, 0.3) is 0 Å². The second-order valence-electron chi connectivity index (χ2n) is 5.37. The number of rotatable bonds is 6. The number of benzene rings is 1. The second-order valence-corrected chi connectivity index (χ2v) is 6.38. The van der Waals surface area contributed by atoms with Gasteiger partial charge in [0, 0.05) is 5.75 Å². The third-order valence-corrected chi connectivity index (χ3v) is 5.07. The first kappa shape index (κ1) is 15.8. The monoisotopic (exact) mass is 313 g/mol. The van der Waals surface area contributed by atoms with Gasteiger partial charge in [-0.2, -0.15) is 0 Å². The number of hydrogen-bond donors (Lipinski definition) is 0. The summed E-state index contributed by atoms with van der Waals surface area (Å²) in [5, 5.41) is 11.0. The third-order valence-electron chi connectivity index (χ3n) is 3.67. The number of methoxy groups -OCH3 is 1. The summed E-state index contributed by atoms with van der Waals surface area (Å²) in [6, 6.07) is 2.45. The molecule has 1 aliphatic carbocycles. The minimum atomic E-state index is -0.582. The average molecular weight is 313 g/mol. The van der Waals surface area contributed by atoms with Gasteiger partial charge in [-0.05, 0) is 36.8 Å². The molecular weight excluding hydrogens is 297 g/mol. The standard InChI is InChI=1S/C14H16FNO4S/c1-9-5-12(11(16(18)19)6-10(9)15)21-8-14(3-4-14)7-13(17)20-2/h5-6H,3-4,7-8H2,1-2H3. The zero-order chi connectivity index (χ0) is 15.6. The smallest absolute Gasteiger partial charge is 0.306 e. The van der Waals surface area contributed by atoms with E-state index in [9.17, 15) is 19.3 Å². The molecule has 1 aromatic rings. The molecule has 1 aromatic carbocycles. The summed E-state index contributed by atoms with van der Waals surface area (Å²) in [4.78, 5) is 22.2. The maximum absolute atomic E-state index is 13.4. The van der Waals surface area contributed by atoms with Crippen LogP contribution < -0.4 is 0 Å². The van der Waals surface area contributed by atoms with E-state index in [1.54, 1.807) is 6.92 Å². The summed E-state index contributed by atoms with van der Waals surface area (Å²) < 4.78 is 18.1. The highest BCUT2D eigenvalue weighted by atomic mass is 32.2. The highest BCUT2D eigenvalue weighted by Crippen LogP contribution is 2.52. The van der Waals surface area contributed by atoms with Crippen molar-refractivity contribution in [1.29, 1.82) is 0 Å². The molecule has 0 N–H and O–H groups in total. The van der Waals surface area contributed by atoms with Crippen LogP contribution in [0.15, 0.2) is 17.0 Å². The van der Waals surface area contributed by atoms with E-state index in [2.05, 4.69) is 4.74 Å². The van der Waals surface area contributed by atoms with Gasteiger partial charge in [-0.15, -0.1) is 11.8 Å². The van der Waals surface area contributed by atoms with Gasteiger partial charge in [-0.1, -0.05) is 0 Å². The van der Waals surface area contributed by atoms with Crippen molar-refractivity contribution in [3.05, 3.63) is 33.6 Å². The molecule has 2 rings (SSSR count). The zero-order valence-electron chi connectivity index (χ0n) is 11.8. The van der Waals surface area contributed by atoms with Crippen molar-refractivity contribution in [3.8, 4) is 0 Å². The summed E-state index contributed by atoms with van der Waals surface area (Å²) in [5.74, 6) is -0.256. The van der Waals surface area contributed by atoms with Crippen LogP contribution >= 0.6 is 11.8 Å². The highest BCUT2D eigenvalue weighted by molar-refractivity contribution is 7.99. The van der Waals surface area contributed by atoms with E-state index in [0.717, 1.165) is 18.9 Å². The van der Waals surface area contributed by atoms with E-state index in [-0.39, 0.29) is 17.1 Å². The SMILES string of the molecule is COC(=O)CC1(CSc2cc(C)c(F)cc2[N+](=O)[O-])CC1. The summed E-state index contributed by atoms with van der Waals surface area (Å²) in [6.45, 7) is 1.57. The Balaban J connectivity index is 2.11. The number of hydrogen-bond acceptors (Lipinski definition) is 5. The number of ether oxygens (including phenoxy) is 1. The number of nitrogens with zero attached hydrogens (tertiary/aromatic N) is 1. The highest BCUT2D eigenvalue weighted by Gasteiger charge is 2.44. The van der Waals surface area contributed by atoms with E-state index in [1.165, 1.54) is 24.9 Å². The summed E-state index contributed by atoms with van der Waals surface area (Å²) >= 11 is 1.30. The lowest BCUT2D eigenvalue weighted by Gasteiger charge is -2.13. The Kier molecular flexibility index (Phi) is 4.51. The van der Waals surface area contributed by atoms with Crippen molar-refractivity contribution in [2.24, 2.45) is 5.41 Å². The Hall–Kier alpha value is -1.63. The second kappa shape index (κ2) is 6.01. The van der Waals surface area contributed by atoms with Gasteiger partial charge in [0.05, 0.1) is 29.4 Å². The summed E-state index contributed by atoms with van der Waals surface area (Å²) in [6.07, 6.45) is 2.14. The van der Waals surface area contributed by atoms with Crippen molar-refractivity contribution < 1.29 is 18.8 Å². The number of esters is 1. The molecule has 0 radical (unpaired) electrons. The molecule has 7 heteroatoms. The summed E-state index contributed by atoms with van der Waals surface area (Å²) in [5.41, 5.74) is 0.0198. The molecule has 114 valence electrons. The van der Waals surface area contributed by atoms with Crippen molar-refractivity contribution in [1.82, 2.24) is 0 Å². The molecule has 0 bridgehead atoms. The van der Waals surface area contributed by atoms with Crippen molar-refractivity contribution in [2.75, 3.05) is 12.9 Å². The van der Waals surface area contributed by atoms with E-state index < -0.39 is 10.7 Å². The third kappa shape index (κ3) is 3.72. The van der Waals surface area contributed by atoms with E-state index >= 15 is 0 Å². The van der Waals surface area contributed by atoms with Gasteiger partial charge in [0.25, 0.3) is 5.69 Å². The Labute approximate surface area is 126 Å². The maximum atomic E-state index is 13.4. The molecule has 1 aliphatic rings. The predicted octanol–water partition coefficient (Wildman–Crippen LogP) is 3.48. The van der Waals surface area contributed by atoms with E-state index in [1.807, 2.05) is 0 Å². The van der Waals surface area contributed by atoms with Gasteiger partial charge in [0.15, 0.2) is 0 Å². The fraction of sp³-hybridized carbons (Fsp3) is 0.500. The van der Waals surface area contributed by atoms with Crippen LogP contribution in [0, 0.1) is 28.3 Å². The topological polar surface area (TPSA) is 69.4 Å². The number of aryl methyl sites for hydroxylation is 1. The summed E-state index contributed by atoms with van der Waals surface area (Å²) in [7, 11) is 1.35. The van der Waals surface area contributed by atoms with E-state index in [0.29, 0.717) is 22.6 Å². The molecule has 0 spiro atoms. The molecule has 0 amide bonds. The Morgan fingerprint density at radius 2 is 2.19 bits per heavy atom. The van der Waals surface area contributed by atoms with Gasteiger partial charge in [-0.25, -0.2) is 4.39 Å². The van der Waals surface area contributed by atoms with E-state index in [4.69, 9.17) is 0 Å². The number of carbonyl (C=O) groups is 1. The Bertz CT molecular complexity index is 587. The lowest BCUT2D eigenvalue weighted by atomic mass is 10.1. The van der Waals surface area contributed by atoms with Crippen LogP contribution in [0.1, 0.15) is 24.8 Å². The van der Waals surface area contributed by atoms with Crippen LogP contribution in [-0.4, -0.2) is 23.8 Å². The molecule has 21 heavy (non-hydrogen) atoms. The molecule has 0 aliphatic heterocycles. The number of nitro benzene ring substituents is 1. The first-order valence-electron chi connectivity index (χ1n) is 6.51. The van der Waals surface area contributed by atoms with Gasteiger partial charge in [0.1, 0.15) is 5.82 Å². The molecule has 0 atom stereocenters. The van der Waals surface area contributed by atoms with Crippen molar-refractivity contribution >= 4 is 23.4 Å². The number of nitro groups is 1. The number of halogens is 1. The van der Waals surface area contributed by atoms with Crippen LogP contribution in [0.2, 0.25) is 0 Å². The molecule has 0 saturated heterocycles. The minimum Gasteiger partial charge on any atom is -0.469 e. The van der Waals surface area contributed by atoms with Crippen molar-refractivity contribution in [2.45, 2.75) is 31.1 Å². The zero-order valence-corrected chi connectivity index (χ0v) is 12.7. The fourth-order valence-corrected chi connectivity index (χ4v) is 3.45. The molecule has 0 unspecified atom stereocenters. The van der Waals surface area contributed by atoms with Gasteiger partial charge < -0.3 is 4.74 Å². The number of thioether (sulfide) groups is 1. The largest absolute Gasteiger partial charge is 0.469 e. The predicted molar refractivity (Wildman–Crippen MR) is 76.8 cm³/mol. The average Bonchev–Trinajstić information content (AvgIpc) is 3.19. The minimum absolute atomic E-state index is 0.131. The first-order valence-corrected chi connectivity index (χ1v) is 7.50. The molecule has 1 saturated carbocycles. The first-order chi connectivity index (χ1) is 9.87. The Morgan fingerprint density at radius 3 is 2.71 bits per heavy atom. The normalized spacial score (nSPS) is 15.6. The quantitative estimate of drug-likeness (QED) is 0.348. The van der Waals surface area contributed by atoms with Gasteiger partial charge in [0.2, 0.25) is 0 Å². The Morgan fingerprint density at radius 1 is 1.52 bits per heavy atom. The molecule has 1 fully saturated rings. The van der Waals surface area contributed by atoms with Gasteiger partial charge >= 0.3 is 5.97 Å². The molecule has 5 nitrogen and oxygen atoms in total. The number of carbonyl (C=O) groups excluding carboxylic acids is 1. The lowest BCUT2D eigenvalue weighted by molar-refractivity contribution is -0.387. The van der Waals surface area contributed by atoms with Crippen LogP contribution in [0.3, 0.4) is 0 Å².